The Morgan fingerprint density at radius 3 is 2.86 bits per heavy atom. The summed E-state index contributed by atoms with van der Waals surface area (Å²) in [6.07, 6.45) is 5.96. The number of likely N-dealkylation sites (tertiary alicyclic amines) is 1. The average molecular weight is 282 g/mol. The van der Waals surface area contributed by atoms with E-state index < -0.39 is 0 Å². The lowest BCUT2D eigenvalue weighted by molar-refractivity contribution is 0.0863. The summed E-state index contributed by atoms with van der Waals surface area (Å²) in [4.78, 5) is 18.4. The molecule has 21 heavy (non-hydrogen) atoms. The molecule has 0 bridgehead atoms. The summed E-state index contributed by atoms with van der Waals surface area (Å²) in [6.45, 7) is 4.26. The summed E-state index contributed by atoms with van der Waals surface area (Å²) in [6, 6.07) is 8.04. The number of fused-ring (bicyclic) bond motifs is 1. The molecule has 0 radical (unpaired) electrons. The van der Waals surface area contributed by atoms with Gasteiger partial charge in [-0.05, 0) is 50.6 Å². The third-order valence-electron chi connectivity index (χ3n) is 5.33. The van der Waals surface area contributed by atoms with Crippen molar-refractivity contribution in [3.8, 4) is 0 Å². The molecule has 4 rings (SSSR count). The fourth-order valence-corrected chi connectivity index (χ4v) is 3.79. The van der Waals surface area contributed by atoms with Gasteiger partial charge in [0, 0.05) is 29.2 Å². The van der Waals surface area contributed by atoms with Gasteiger partial charge in [-0.1, -0.05) is 18.2 Å². The standard InChI is InChI=1S/C18H22N2O/c1-12(20-9-8-14(11-20)13-6-7-13)18(21)16-10-19-17-5-3-2-4-15(16)17/h2-5,10,12-14,19H,6-9,11H2,1H3. The Balaban J connectivity index is 1.54. The minimum absolute atomic E-state index is 0.00652. The van der Waals surface area contributed by atoms with Gasteiger partial charge >= 0.3 is 0 Å². The second kappa shape index (κ2) is 4.99. The first-order valence-corrected chi connectivity index (χ1v) is 8.08. The van der Waals surface area contributed by atoms with Crippen LogP contribution < -0.4 is 0 Å². The fourth-order valence-electron chi connectivity index (χ4n) is 3.79. The Kier molecular flexibility index (Phi) is 3.11. The van der Waals surface area contributed by atoms with Crippen molar-refractivity contribution in [1.82, 2.24) is 9.88 Å². The molecule has 0 amide bonds. The predicted molar refractivity (Wildman–Crippen MR) is 84.5 cm³/mol. The van der Waals surface area contributed by atoms with E-state index in [9.17, 15) is 4.79 Å². The summed E-state index contributed by atoms with van der Waals surface area (Å²) < 4.78 is 0. The maximum atomic E-state index is 12.8. The van der Waals surface area contributed by atoms with Crippen LogP contribution in [0, 0.1) is 11.8 Å². The van der Waals surface area contributed by atoms with Crippen LogP contribution in [-0.2, 0) is 0 Å². The van der Waals surface area contributed by atoms with E-state index in [0.717, 1.165) is 41.4 Å². The summed E-state index contributed by atoms with van der Waals surface area (Å²) in [5.74, 6) is 2.04. The number of Topliss-reactive ketones (excluding diaryl/α,β-unsaturated/α-hetero) is 1. The zero-order valence-corrected chi connectivity index (χ0v) is 12.5. The summed E-state index contributed by atoms with van der Waals surface area (Å²) in [7, 11) is 0. The van der Waals surface area contributed by atoms with Crippen molar-refractivity contribution in [1.29, 1.82) is 0 Å². The number of aromatic nitrogens is 1. The zero-order valence-electron chi connectivity index (χ0n) is 12.5. The Hall–Kier alpha value is -1.61. The van der Waals surface area contributed by atoms with E-state index in [1.807, 2.05) is 30.5 Å². The molecule has 2 unspecified atom stereocenters. The van der Waals surface area contributed by atoms with Crippen LogP contribution in [0.25, 0.3) is 10.9 Å². The number of aromatic amines is 1. The van der Waals surface area contributed by atoms with Gasteiger partial charge in [0.15, 0.2) is 5.78 Å². The van der Waals surface area contributed by atoms with E-state index in [1.54, 1.807) is 0 Å². The van der Waals surface area contributed by atoms with Crippen molar-refractivity contribution in [3.05, 3.63) is 36.0 Å². The van der Waals surface area contributed by atoms with Gasteiger partial charge in [0.2, 0.25) is 0 Å². The number of carbonyl (C=O) groups is 1. The van der Waals surface area contributed by atoms with Crippen molar-refractivity contribution in [2.75, 3.05) is 13.1 Å². The summed E-state index contributed by atoms with van der Waals surface area (Å²) in [5.41, 5.74) is 1.89. The van der Waals surface area contributed by atoms with E-state index in [1.165, 1.54) is 19.3 Å². The summed E-state index contributed by atoms with van der Waals surface area (Å²) in [5, 5.41) is 1.05. The van der Waals surface area contributed by atoms with Gasteiger partial charge < -0.3 is 4.98 Å². The number of H-pyrrole nitrogens is 1. The molecule has 2 aliphatic rings. The minimum Gasteiger partial charge on any atom is -0.360 e. The predicted octanol–water partition coefficient (Wildman–Crippen LogP) is 3.47. The lowest BCUT2D eigenvalue weighted by Crippen LogP contribution is -2.37. The molecule has 1 aliphatic carbocycles. The number of hydrogen-bond acceptors (Lipinski definition) is 2. The normalized spacial score (nSPS) is 24.5. The van der Waals surface area contributed by atoms with Gasteiger partial charge in [-0.2, -0.15) is 0 Å². The molecule has 1 aromatic heterocycles. The fraction of sp³-hybridized carbons (Fsp3) is 0.500. The largest absolute Gasteiger partial charge is 0.360 e. The quantitative estimate of drug-likeness (QED) is 0.872. The molecule has 2 aromatic rings. The van der Waals surface area contributed by atoms with E-state index in [4.69, 9.17) is 0 Å². The SMILES string of the molecule is CC(C(=O)c1c[nH]c2ccccc12)N1CCC(C2CC2)C1. The first kappa shape index (κ1) is 13.1. The van der Waals surface area contributed by atoms with Gasteiger partial charge in [-0.15, -0.1) is 0 Å². The van der Waals surface area contributed by atoms with Gasteiger partial charge in [-0.25, -0.2) is 0 Å². The topological polar surface area (TPSA) is 36.1 Å². The third-order valence-corrected chi connectivity index (χ3v) is 5.33. The van der Waals surface area contributed by atoms with Gasteiger partial charge in [0.1, 0.15) is 0 Å². The van der Waals surface area contributed by atoms with Crippen LogP contribution in [0.4, 0.5) is 0 Å². The number of rotatable bonds is 4. The van der Waals surface area contributed by atoms with Crippen LogP contribution in [0.2, 0.25) is 0 Å². The number of carbonyl (C=O) groups excluding carboxylic acids is 1. The molecule has 1 aliphatic heterocycles. The van der Waals surface area contributed by atoms with Gasteiger partial charge in [0.25, 0.3) is 0 Å². The Labute approximate surface area is 125 Å². The molecular formula is C18H22N2O. The van der Waals surface area contributed by atoms with E-state index in [0.29, 0.717) is 0 Å². The Bertz CT molecular complexity index is 671. The molecule has 2 fully saturated rings. The van der Waals surface area contributed by atoms with Crippen LogP contribution in [0.3, 0.4) is 0 Å². The Morgan fingerprint density at radius 2 is 2.05 bits per heavy atom. The van der Waals surface area contributed by atoms with Crippen molar-refractivity contribution < 1.29 is 4.79 Å². The first-order valence-electron chi connectivity index (χ1n) is 8.08. The van der Waals surface area contributed by atoms with Crippen LogP contribution in [0.1, 0.15) is 36.5 Å². The molecule has 2 heterocycles. The lowest BCUT2D eigenvalue weighted by Gasteiger charge is -2.23. The highest BCUT2D eigenvalue weighted by Gasteiger charge is 2.38. The molecular weight excluding hydrogens is 260 g/mol. The number of para-hydroxylation sites is 1. The molecule has 3 heteroatoms. The average Bonchev–Trinajstić information content (AvgIpc) is 3.10. The monoisotopic (exact) mass is 282 g/mol. The van der Waals surface area contributed by atoms with E-state index in [-0.39, 0.29) is 11.8 Å². The van der Waals surface area contributed by atoms with Gasteiger partial charge in [-0.3, -0.25) is 9.69 Å². The summed E-state index contributed by atoms with van der Waals surface area (Å²) >= 11 is 0. The van der Waals surface area contributed by atoms with Gasteiger partial charge in [0.05, 0.1) is 6.04 Å². The number of nitrogens with one attached hydrogen (secondary N) is 1. The molecule has 1 N–H and O–H groups in total. The number of ketones is 1. The highest BCUT2D eigenvalue weighted by Crippen LogP contribution is 2.41. The second-order valence-electron chi connectivity index (χ2n) is 6.67. The maximum absolute atomic E-state index is 12.8. The maximum Gasteiger partial charge on any atom is 0.181 e. The molecule has 1 aromatic carbocycles. The molecule has 110 valence electrons. The first-order chi connectivity index (χ1) is 10.2. The molecule has 2 atom stereocenters. The molecule has 1 saturated carbocycles. The number of hydrogen-bond donors (Lipinski definition) is 1. The van der Waals surface area contributed by atoms with Crippen LogP contribution in [0.15, 0.2) is 30.5 Å². The number of benzene rings is 1. The van der Waals surface area contributed by atoms with Crippen molar-refractivity contribution in [2.24, 2.45) is 11.8 Å². The third kappa shape index (κ3) is 2.30. The zero-order chi connectivity index (χ0) is 14.4. The van der Waals surface area contributed by atoms with Crippen molar-refractivity contribution in [2.45, 2.75) is 32.2 Å². The van der Waals surface area contributed by atoms with Crippen LogP contribution in [0.5, 0.6) is 0 Å². The molecule has 1 saturated heterocycles. The highest BCUT2D eigenvalue weighted by molar-refractivity contribution is 6.10. The van der Waals surface area contributed by atoms with E-state index >= 15 is 0 Å². The number of nitrogens with zero attached hydrogens (tertiary/aromatic N) is 1. The molecule has 3 nitrogen and oxygen atoms in total. The van der Waals surface area contributed by atoms with Crippen molar-refractivity contribution in [3.63, 3.8) is 0 Å². The minimum atomic E-state index is -0.00652. The second-order valence-corrected chi connectivity index (χ2v) is 6.67. The van der Waals surface area contributed by atoms with Crippen LogP contribution >= 0.6 is 0 Å². The molecule has 0 spiro atoms. The van der Waals surface area contributed by atoms with Crippen molar-refractivity contribution >= 4 is 16.7 Å². The highest BCUT2D eigenvalue weighted by atomic mass is 16.1. The van der Waals surface area contributed by atoms with Crippen LogP contribution in [-0.4, -0.2) is 34.8 Å². The van der Waals surface area contributed by atoms with E-state index in [2.05, 4.69) is 16.8 Å². The smallest absolute Gasteiger partial charge is 0.181 e. The Morgan fingerprint density at radius 1 is 1.24 bits per heavy atom. The lowest BCUT2D eigenvalue weighted by atomic mass is 10.0.